The van der Waals surface area contributed by atoms with Crippen molar-refractivity contribution in [3.8, 4) is 0 Å². The van der Waals surface area contributed by atoms with Crippen LogP contribution in [0.4, 0.5) is 0 Å². The van der Waals surface area contributed by atoms with Crippen LogP contribution in [0.25, 0.3) is 0 Å². The fourth-order valence-corrected chi connectivity index (χ4v) is 5.20. The largest absolute Gasteiger partial charge is 0.465 e. The van der Waals surface area contributed by atoms with Crippen LogP contribution >= 0.6 is 0 Å². The molecule has 1 atom stereocenters. The van der Waals surface area contributed by atoms with E-state index in [-0.39, 0.29) is 22.5 Å². The summed E-state index contributed by atoms with van der Waals surface area (Å²) in [4.78, 5) is 12.3. The van der Waals surface area contributed by atoms with Gasteiger partial charge in [-0.15, -0.1) is 0 Å². The van der Waals surface area contributed by atoms with Gasteiger partial charge in [-0.2, -0.15) is 0 Å². The van der Waals surface area contributed by atoms with Crippen LogP contribution in [0.1, 0.15) is 44.6 Å². The van der Waals surface area contributed by atoms with Crippen molar-refractivity contribution in [3.63, 3.8) is 0 Å². The maximum absolute atomic E-state index is 13.6. The van der Waals surface area contributed by atoms with Crippen LogP contribution in [0.5, 0.6) is 0 Å². The standard InChI is InChI=1S/C24H26O4S/c1-15-6-10-21(11-7-15)29(26,27)24(23-13-20(25)12-18(4)28-23)14-22-17(3)9-8-16(2)19(22)5/h6-13,24H,14H2,1-5H3. The van der Waals surface area contributed by atoms with Gasteiger partial charge in [0.05, 0.1) is 4.90 Å². The molecule has 0 aliphatic carbocycles. The van der Waals surface area contributed by atoms with E-state index in [0.29, 0.717) is 5.76 Å². The molecule has 0 saturated carbocycles. The smallest absolute Gasteiger partial charge is 0.188 e. The predicted octanol–water partition coefficient (Wildman–Crippen LogP) is 4.94. The number of hydrogen-bond donors (Lipinski definition) is 0. The minimum atomic E-state index is -3.78. The van der Waals surface area contributed by atoms with E-state index in [0.717, 1.165) is 27.8 Å². The minimum absolute atomic E-state index is 0.177. The summed E-state index contributed by atoms with van der Waals surface area (Å²) in [7, 11) is -3.78. The van der Waals surface area contributed by atoms with E-state index in [9.17, 15) is 13.2 Å². The molecule has 0 N–H and O–H groups in total. The lowest BCUT2D eigenvalue weighted by Crippen LogP contribution is -2.19. The topological polar surface area (TPSA) is 64.3 Å². The highest BCUT2D eigenvalue weighted by atomic mass is 32.2. The fourth-order valence-electron chi connectivity index (χ4n) is 3.55. The summed E-state index contributed by atoms with van der Waals surface area (Å²) in [5.41, 5.74) is 4.87. The van der Waals surface area contributed by atoms with Crippen LogP contribution in [0.15, 0.2) is 62.6 Å². The summed E-state index contributed by atoms with van der Waals surface area (Å²) in [6.07, 6.45) is 0.238. The summed E-state index contributed by atoms with van der Waals surface area (Å²) in [6.45, 7) is 9.55. The molecule has 1 heterocycles. The van der Waals surface area contributed by atoms with Crippen molar-refractivity contribution in [1.82, 2.24) is 0 Å². The van der Waals surface area contributed by atoms with Crippen molar-refractivity contribution < 1.29 is 12.8 Å². The minimum Gasteiger partial charge on any atom is -0.465 e. The van der Waals surface area contributed by atoms with E-state index < -0.39 is 15.1 Å². The first-order valence-electron chi connectivity index (χ1n) is 9.57. The molecular weight excluding hydrogens is 384 g/mol. The zero-order chi connectivity index (χ0) is 21.3. The highest BCUT2D eigenvalue weighted by Gasteiger charge is 2.33. The van der Waals surface area contributed by atoms with Gasteiger partial charge in [0.15, 0.2) is 15.3 Å². The van der Waals surface area contributed by atoms with E-state index in [4.69, 9.17) is 4.42 Å². The van der Waals surface area contributed by atoms with Crippen LogP contribution in [0, 0.1) is 34.6 Å². The van der Waals surface area contributed by atoms with Crippen molar-refractivity contribution in [2.24, 2.45) is 0 Å². The fraction of sp³-hybridized carbons (Fsp3) is 0.292. The SMILES string of the molecule is Cc1ccc(S(=O)(=O)C(Cc2c(C)ccc(C)c2C)c2cc(=O)cc(C)o2)cc1. The number of sulfone groups is 1. The van der Waals surface area contributed by atoms with E-state index in [1.807, 2.05) is 39.8 Å². The molecule has 3 aromatic rings. The van der Waals surface area contributed by atoms with Gasteiger partial charge in [0.2, 0.25) is 0 Å². The van der Waals surface area contributed by atoms with Crippen molar-refractivity contribution in [2.75, 3.05) is 0 Å². The Labute approximate surface area is 172 Å². The molecule has 5 heteroatoms. The average molecular weight is 411 g/mol. The third-order valence-electron chi connectivity index (χ3n) is 5.44. The van der Waals surface area contributed by atoms with Crippen molar-refractivity contribution >= 4 is 9.84 Å². The van der Waals surface area contributed by atoms with Crippen LogP contribution < -0.4 is 5.43 Å². The van der Waals surface area contributed by atoms with Crippen LogP contribution in [0.2, 0.25) is 0 Å². The summed E-state index contributed by atoms with van der Waals surface area (Å²) in [5, 5.41) is -0.989. The van der Waals surface area contributed by atoms with Gasteiger partial charge in [-0.3, -0.25) is 4.79 Å². The van der Waals surface area contributed by atoms with Gasteiger partial charge in [-0.1, -0.05) is 29.8 Å². The zero-order valence-electron chi connectivity index (χ0n) is 17.4. The van der Waals surface area contributed by atoms with E-state index in [2.05, 4.69) is 0 Å². The molecule has 0 fully saturated rings. The number of rotatable bonds is 5. The van der Waals surface area contributed by atoms with Gasteiger partial charge < -0.3 is 4.42 Å². The van der Waals surface area contributed by atoms with Gasteiger partial charge in [-0.25, -0.2) is 8.42 Å². The second kappa shape index (κ2) is 7.99. The Kier molecular flexibility index (Phi) is 5.80. The molecule has 1 unspecified atom stereocenters. The Morgan fingerprint density at radius 3 is 2.10 bits per heavy atom. The quantitative estimate of drug-likeness (QED) is 0.598. The maximum atomic E-state index is 13.6. The third kappa shape index (κ3) is 4.35. The van der Waals surface area contributed by atoms with Gasteiger partial charge in [-0.05, 0) is 75.4 Å². The Morgan fingerprint density at radius 2 is 1.48 bits per heavy atom. The second-order valence-electron chi connectivity index (χ2n) is 7.66. The normalized spacial score (nSPS) is 12.7. The molecular formula is C24H26O4S. The van der Waals surface area contributed by atoms with Gasteiger partial charge in [0.1, 0.15) is 16.8 Å². The van der Waals surface area contributed by atoms with Gasteiger partial charge >= 0.3 is 0 Å². The monoisotopic (exact) mass is 410 g/mol. The first-order chi connectivity index (χ1) is 13.6. The molecule has 4 nitrogen and oxygen atoms in total. The number of aryl methyl sites for hydroxylation is 4. The van der Waals surface area contributed by atoms with Crippen molar-refractivity contribution in [2.45, 2.75) is 51.2 Å². The molecule has 0 aliphatic rings. The summed E-state index contributed by atoms with van der Waals surface area (Å²) >= 11 is 0. The Hall–Kier alpha value is -2.66. The zero-order valence-corrected chi connectivity index (χ0v) is 18.3. The molecule has 0 radical (unpaired) electrons. The Morgan fingerprint density at radius 1 is 0.862 bits per heavy atom. The molecule has 1 aromatic heterocycles. The molecule has 0 spiro atoms. The Balaban J connectivity index is 2.21. The lowest BCUT2D eigenvalue weighted by molar-refractivity contribution is 0.449. The van der Waals surface area contributed by atoms with E-state index >= 15 is 0 Å². The van der Waals surface area contributed by atoms with Crippen molar-refractivity contribution in [1.29, 1.82) is 0 Å². The highest BCUT2D eigenvalue weighted by Crippen LogP contribution is 2.34. The van der Waals surface area contributed by atoms with Gasteiger partial charge in [0, 0.05) is 12.1 Å². The summed E-state index contributed by atoms with van der Waals surface area (Å²) in [6, 6.07) is 13.5. The molecule has 0 aliphatic heterocycles. The maximum Gasteiger partial charge on any atom is 0.188 e. The molecule has 29 heavy (non-hydrogen) atoms. The summed E-state index contributed by atoms with van der Waals surface area (Å²) < 4.78 is 33.0. The molecule has 2 aromatic carbocycles. The third-order valence-corrected chi connectivity index (χ3v) is 7.52. The molecule has 152 valence electrons. The van der Waals surface area contributed by atoms with Gasteiger partial charge in [0.25, 0.3) is 0 Å². The number of benzene rings is 2. The number of hydrogen-bond acceptors (Lipinski definition) is 4. The predicted molar refractivity (Wildman–Crippen MR) is 115 cm³/mol. The lowest BCUT2D eigenvalue weighted by Gasteiger charge is -2.21. The van der Waals surface area contributed by atoms with Crippen LogP contribution in [0.3, 0.4) is 0 Å². The summed E-state index contributed by atoms with van der Waals surface area (Å²) in [5.74, 6) is 0.574. The van der Waals surface area contributed by atoms with Crippen molar-refractivity contribution in [3.05, 3.63) is 98.1 Å². The Bertz CT molecular complexity index is 1200. The highest BCUT2D eigenvalue weighted by molar-refractivity contribution is 7.91. The average Bonchev–Trinajstić information content (AvgIpc) is 2.64. The first-order valence-corrected chi connectivity index (χ1v) is 11.1. The van der Waals surface area contributed by atoms with E-state index in [1.165, 1.54) is 12.1 Å². The molecule has 0 saturated heterocycles. The lowest BCUT2D eigenvalue weighted by atomic mass is 9.94. The first kappa shape index (κ1) is 21.1. The van der Waals surface area contributed by atoms with Crippen LogP contribution in [-0.4, -0.2) is 8.42 Å². The second-order valence-corrected chi connectivity index (χ2v) is 9.79. The van der Waals surface area contributed by atoms with E-state index in [1.54, 1.807) is 31.2 Å². The molecule has 3 rings (SSSR count). The van der Waals surface area contributed by atoms with Crippen LogP contribution in [-0.2, 0) is 16.3 Å². The molecule has 0 bridgehead atoms. The molecule has 0 amide bonds.